The minimum absolute atomic E-state index is 0.0107. The molecule has 1 N–H and O–H groups in total. The second-order valence-electron chi connectivity index (χ2n) is 8.26. The minimum atomic E-state index is -0.150. The molecule has 3 heteroatoms. The molecule has 0 atom stereocenters. The van der Waals surface area contributed by atoms with E-state index >= 15 is 0 Å². The Balaban J connectivity index is 2.40. The number of benzene rings is 2. The third-order valence-electron chi connectivity index (χ3n) is 4.01. The van der Waals surface area contributed by atoms with Crippen LogP contribution < -0.4 is 5.32 Å². The van der Waals surface area contributed by atoms with E-state index in [1.807, 2.05) is 0 Å². The Morgan fingerprint density at radius 2 is 1.42 bits per heavy atom. The van der Waals surface area contributed by atoms with Crippen molar-refractivity contribution in [2.75, 3.05) is 5.32 Å². The van der Waals surface area contributed by atoms with Gasteiger partial charge in [-0.05, 0) is 52.3 Å². The van der Waals surface area contributed by atoms with Gasteiger partial charge in [-0.3, -0.25) is 4.79 Å². The third kappa shape index (κ3) is 4.61. The molecule has 0 bridgehead atoms. The summed E-state index contributed by atoms with van der Waals surface area (Å²) in [6.07, 6.45) is 0. The van der Waals surface area contributed by atoms with Crippen LogP contribution in [-0.2, 0) is 10.8 Å². The molecule has 2 rings (SSSR count). The van der Waals surface area contributed by atoms with Crippen molar-refractivity contribution in [2.24, 2.45) is 0 Å². The zero-order chi connectivity index (χ0) is 18.1. The van der Waals surface area contributed by atoms with Crippen LogP contribution in [0.5, 0.6) is 0 Å². The van der Waals surface area contributed by atoms with E-state index in [-0.39, 0.29) is 16.7 Å². The second kappa shape index (κ2) is 6.60. The fourth-order valence-electron chi connectivity index (χ4n) is 2.40. The molecule has 0 unspecified atom stereocenters. The Hall–Kier alpha value is -1.80. The molecule has 0 saturated heterocycles. The van der Waals surface area contributed by atoms with Crippen LogP contribution in [0.1, 0.15) is 63.0 Å². The molecular weight excluding hydrogens is 318 g/mol. The van der Waals surface area contributed by atoms with Crippen molar-refractivity contribution in [2.45, 2.75) is 52.4 Å². The van der Waals surface area contributed by atoms with E-state index < -0.39 is 0 Å². The van der Waals surface area contributed by atoms with Crippen molar-refractivity contribution < 1.29 is 4.79 Å². The molecule has 2 aromatic carbocycles. The second-order valence-corrected chi connectivity index (χ2v) is 8.70. The number of nitrogens with one attached hydrogen (secondary N) is 1. The number of carbonyl (C=O) groups excluding carboxylic acids is 1. The number of carbonyl (C=O) groups is 1. The van der Waals surface area contributed by atoms with Crippen LogP contribution in [-0.4, -0.2) is 5.91 Å². The highest BCUT2D eigenvalue weighted by atomic mass is 35.5. The van der Waals surface area contributed by atoms with Gasteiger partial charge in [0.15, 0.2) is 0 Å². The molecule has 2 nitrogen and oxygen atoms in total. The van der Waals surface area contributed by atoms with Gasteiger partial charge in [0.2, 0.25) is 0 Å². The summed E-state index contributed by atoms with van der Waals surface area (Å²) in [5.41, 5.74) is 3.80. The summed E-state index contributed by atoms with van der Waals surface area (Å²) in [4.78, 5) is 12.5. The number of halogens is 1. The Morgan fingerprint density at radius 1 is 0.875 bits per heavy atom. The molecule has 2 aromatic rings. The van der Waals surface area contributed by atoms with Crippen LogP contribution in [0.2, 0.25) is 5.02 Å². The summed E-state index contributed by atoms with van der Waals surface area (Å²) in [6, 6.07) is 13.3. The molecular formula is C21H26ClNO. The van der Waals surface area contributed by atoms with E-state index in [9.17, 15) is 4.79 Å². The number of hydrogen-bond acceptors (Lipinski definition) is 1. The summed E-state index contributed by atoms with van der Waals surface area (Å²) in [5.74, 6) is -0.150. The maximum absolute atomic E-state index is 12.5. The fraction of sp³-hybridized carbons (Fsp3) is 0.381. The molecule has 1 amide bonds. The van der Waals surface area contributed by atoms with Crippen molar-refractivity contribution in [1.29, 1.82) is 0 Å². The van der Waals surface area contributed by atoms with Crippen LogP contribution in [0.15, 0.2) is 42.5 Å². The standard InChI is InChI=1S/C21H26ClNO/c1-20(2,3)15-11-16(21(4,5)6)13-18(12-15)23-19(24)14-8-7-9-17(22)10-14/h7-13H,1-6H3,(H,23,24). The van der Waals surface area contributed by atoms with Gasteiger partial charge in [0.05, 0.1) is 0 Å². The highest BCUT2D eigenvalue weighted by Gasteiger charge is 2.21. The van der Waals surface area contributed by atoms with Gasteiger partial charge >= 0.3 is 0 Å². The molecule has 0 fully saturated rings. The first-order chi connectivity index (χ1) is 11.0. The molecule has 0 radical (unpaired) electrons. The summed E-state index contributed by atoms with van der Waals surface area (Å²) in [6.45, 7) is 13.1. The summed E-state index contributed by atoms with van der Waals surface area (Å²) < 4.78 is 0. The fourth-order valence-corrected chi connectivity index (χ4v) is 2.59. The summed E-state index contributed by atoms with van der Waals surface area (Å²) in [7, 11) is 0. The first kappa shape index (κ1) is 18.5. The largest absolute Gasteiger partial charge is 0.322 e. The number of amides is 1. The lowest BCUT2D eigenvalue weighted by Crippen LogP contribution is -2.18. The van der Waals surface area contributed by atoms with Crippen molar-refractivity contribution in [3.63, 3.8) is 0 Å². The zero-order valence-corrected chi connectivity index (χ0v) is 16.1. The molecule has 24 heavy (non-hydrogen) atoms. The number of rotatable bonds is 2. The summed E-state index contributed by atoms with van der Waals surface area (Å²) >= 11 is 5.98. The molecule has 0 aliphatic carbocycles. The first-order valence-electron chi connectivity index (χ1n) is 8.20. The number of hydrogen-bond donors (Lipinski definition) is 1. The molecule has 0 aliphatic heterocycles. The van der Waals surface area contributed by atoms with Crippen molar-refractivity contribution in [3.8, 4) is 0 Å². The molecule has 0 saturated carbocycles. The predicted octanol–water partition coefficient (Wildman–Crippen LogP) is 6.19. The highest BCUT2D eigenvalue weighted by molar-refractivity contribution is 6.31. The topological polar surface area (TPSA) is 29.1 Å². The van der Waals surface area contributed by atoms with Gasteiger partial charge in [-0.15, -0.1) is 0 Å². The quantitative estimate of drug-likeness (QED) is 0.692. The van der Waals surface area contributed by atoms with Gasteiger partial charge < -0.3 is 5.32 Å². The maximum atomic E-state index is 12.5. The Bertz CT molecular complexity index is 719. The number of anilines is 1. The lowest BCUT2D eigenvalue weighted by atomic mass is 9.80. The Labute approximate surface area is 150 Å². The molecule has 0 heterocycles. The maximum Gasteiger partial charge on any atom is 0.255 e. The van der Waals surface area contributed by atoms with E-state index in [0.717, 1.165) is 5.69 Å². The molecule has 0 aliphatic rings. The molecule has 0 aromatic heterocycles. The summed E-state index contributed by atoms with van der Waals surface area (Å²) in [5, 5.41) is 3.57. The predicted molar refractivity (Wildman–Crippen MR) is 103 cm³/mol. The van der Waals surface area contributed by atoms with Crippen LogP contribution in [0.25, 0.3) is 0 Å². The first-order valence-corrected chi connectivity index (χ1v) is 8.57. The van der Waals surface area contributed by atoms with Gasteiger partial charge in [0.1, 0.15) is 0 Å². The van der Waals surface area contributed by atoms with Crippen LogP contribution >= 0.6 is 11.6 Å². The molecule has 128 valence electrons. The Kier molecular flexibility index (Phi) is 5.10. The zero-order valence-electron chi connectivity index (χ0n) is 15.3. The highest BCUT2D eigenvalue weighted by Crippen LogP contribution is 2.32. The van der Waals surface area contributed by atoms with E-state index in [1.54, 1.807) is 24.3 Å². The van der Waals surface area contributed by atoms with Gasteiger partial charge in [0, 0.05) is 16.3 Å². The van der Waals surface area contributed by atoms with Gasteiger partial charge in [-0.2, -0.15) is 0 Å². The van der Waals surface area contributed by atoms with Gasteiger partial charge in [0.25, 0.3) is 5.91 Å². The van der Waals surface area contributed by atoms with E-state index in [1.165, 1.54) is 11.1 Å². The minimum Gasteiger partial charge on any atom is -0.322 e. The van der Waals surface area contributed by atoms with Crippen LogP contribution in [0.4, 0.5) is 5.69 Å². The van der Waals surface area contributed by atoms with Crippen molar-refractivity contribution in [1.82, 2.24) is 0 Å². The Morgan fingerprint density at radius 3 is 1.88 bits per heavy atom. The average molecular weight is 344 g/mol. The van der Waals surface area contributed by atoms with Gasteiger partial charge in [-0.25, -0.2) is 0 Å². The lowest BCUT2D eigenvalue weighted by Gasteiger charge is -2.26. The van der Waals surface area contributed by atoms with Crippen molar-refractivity contribution in [3.05, 3.63) is 64.2 Å². The average Bonchev–Trinajstić information content (AvgIpc) is 2.45. The smallest absolute Gasteiger partial charge is 0.255 e. The SMILES string of the molecule is CC(C)(C)c1cc(NC(=O)c2cccc(Cl)c2)cc(C(C)(C)C)c1. The van der Waals surface area contributed by atoms with Gasteiger partial charge in [-0.1, -0.05) is 65.3 Å². The normalized spacial score (nSPS) is 12.1. The molecule has 0 spiro atoms. The van der Waals surface area contributed by atoms with E-state index in [4.69, 9.17) is 11.6 Å². The van der Waals surface area contributed by atoms with Crippen molar-refractivity contribution >= 4 is 23.2 Å². The van der Waals surface area contributed by atoms with E-state index in [2.05, 4.69) is 65.1 Å². The lowest BCUT2D eigenvalue weighted by molar-refractivity contribution is 0.102. The van der Waals surface area contributed by atoms with Crippen LogP contribution in [0.3, 0.4) is 0 Å². The third-order valence-corrected chi connectivity index (χ3v) is 4.24. The monoisotopic (exact) mass is 343 g/mol. The van der Waals surface area contributed by atoms with Crippen LogP contribution in [0, 0.1) is 0 Å². The van der Waals surface area contributed by atoms with E-state index in [0.29, 0.717) is 10.6 Å².